The Labute approximate surface area is 190 Å². The van der Waals surface area contributed by atoms with Crippen molar-refractivity contribution in [3.8, 4) is 10.6 Å². The van der Waals surface area contributed by atoms with Crippen LogP contribution in [0.2, 0.25) is 0 Å². The van der Waals surface area contributed by atoms with Crippen molar-refractivity contribution in [3.05, 3.63) is 59.4 Å². The minimum atomic E-state index is -4.72. The quantitative estimate of drug-likeness (QED) is 0.544. The first-order valence-electron chi connectivity index (χ1n) is 10.0. The standard InChI is InChI=1S/C21H17F3N2O5S2/c22-21(23,24)16-10-14(25-31-16)15-8-9-17(32-15)33(29,30)26-20(19(27)28)13-7-3-5-11-4-1-2-6-12(11)18(13)20/h1-2,4,6,8-10,13,18,26H,3,5,7H2,(H,27,28). The number of halogens is 3. The predicted octanol–water partition coefficient (Wildman–Crippen LogP) is 4.27. The summed E-state index contributed by atoms with van der Waals surface area (Å²) in [6.07, 6.45) is -2.61. The number of sulfonamides is 1. The van der Waals surface area contributed by atoms with E-state index in [1.807, 2.05) is 18.2 Å². The molecule has 2 aromatic heterocycles. The Morgan fingerprint density at radius 2 is 2.00 bits per heavy atom. The van der Waals surface area contributed by atoms with E-state index in [1.165, 1.54) is 12.1 Å². The van der Waals surface area contributed by atoms with Crippen LogP contribution in [0.15, 0.2) is 51.2 Å². The molecule has 2 N–H and O–H groups in total. The van der Waals surface area contributed by atoms with Crippen molar-refractivity contribution in [2.24, 2.45) is 5.92 Å². The maximum atomic E-state index is 13.2. The van der Waals surface area contributed by atoms with Gasteiger partial charge in [-0.2, -0.15) is 17.9 Å². The van der Waals surface area contributed by atoms with Gasteiger partial charge in [0.25, 0.3) is 10.0 Å². The van der Waals surface area contributed by atoms with Gasteiger partial charge in [0.2, 0.25) is 5.76 Å². The van der Waals surface area contributed by atoms with Gasteiger partial charge >= 0.3 is 12.1 Å². The molecule has 0 aliphatic heterocycles. The summed E-state index contributed by atoms with van der Waals surface area (Å²) in [4.78, 5) is 12.5. The van der Waals surface area contributed by atoms with Gasteiger partial charge in [0.05, 0.1) is 4.88 Å². The Bertz CT molecular complexity index is 1350. The van der Waals surface area contributed by atoms with Gasteiger partial charge in [-0.1, -0.05) is 29.4 Å². The van der Waals surface area contributed by atoms with E-state index in [1.54, 1.807) is 6.07 Å². The number of carbonyl (C=O) groups is 1. The monoisotopic (exact) mass is 498 g/mol. The highest BCUT2D eigenvalue weighted by molar-refractivity contribution is 7.91. The summed E-state index contributed by atoms with van der Waals surface area (Å²) in [7, 11) is -4.27. The Balaban J connectivity index is 1.46. The van der Waals surface area contributed by atoms with Crippen LogP contribution in [0.1, 0.15) is 35.6 Å². The lowest BCUT2D eigenvalue weighted by Crippen LogP contribution is -2.46. The molecule has 33 heavy (non-hydrogen) atoms. The summed E-state index contributed by atoms with van der Waals surface area (Å²) in [6.45, 7) is 0. The average molecular weight is 499 g/mol. The maximum absolute atomic E-state index is 13.2. The molecule has 12 heteroatoms. The molecule has 2 aliphatic carbocycles. The zero-order chi connectivity index (χ0) is 23.6. The molecule has 3 unspecified atom stereocenters. The van der Waals surface area contributed by atoms with Crippen LogP contribution in [0, 0.1) is 5.92 Å². The number of aliphatic carboxylic acids is 1. The van der Waals surface area contributed by atoms with Gasteiger partial charge in [-0.15, -0.1) is 11.3 Å². The minimum Gasteiger partial charge on any atom is -0.480 e. The lowest BCUT2D eigenvalue weighted by atomic mass is 9.97. The number of rotatable bonds is 5. The molecule has 3 aromatic rings. The van der Waals surface area contributed by atoms with Crippen LogP contribution in [-0.2, 0) is 27.4 Å². The van der Waals surface area contributed by atoms with E-state index in [-0.39, 0.29) is 14.8 Å². The number of nitrogens with zero attached hydrogens (tertiary/aromatic N) is 1. The summed E-state index contributed by atoms with van der Waals surface area (Å²) >= 11 is 0.687. The fourth-order valence-corrected chi connectivity index (χ4v) is 7.45. The lowest BCUT2D eigenvalue weighted by Gasteiger charge is -2.18. The van der Waals surface area contributed by atoms with Crippen LogP contribution in [0.3, 0.4) is 0 Å². The zero-order valence-corrected chi connectivity index (χ0v) is 18.4. The highest BCUT2D eigenvalue weighted by Crippen LogP contribution is 2.62. The van der Waals surface area contributed by atoms with Crippen LogP contribution >= 0.6 is 11.3 Å². The first-order valence-corrected chi connectivity index (χ1v) is 12.3. The summed E-state index contributed by atoms with van der Waals surface area (Å²) in [5, 5.41) is 13.4. The van der Waals surface area contributed by atoms with Crippen molar-refractivity contribution < 1.29 is 36.0 Å². The maximum Gasteiger partial charge on any atom is 0.452 e. The molecule has 5 rings (SSSR count). The lowest BCUT2D eigenvalue weighted by molar-refractivity contribution is -0.155. The number of hydrogen-bond donors (Lipinski definition) is 2. The molecular formula is C21H17F3N2O5S2. The fourth-order valence-electron chi connectivity index (χ4n) is 4.77. The topological polar surface area (TPSA) is 110 Å². The second kappa shape index (κ2) is 7.40. The van der Waals surface area contributed by atoms with Crippen molar-refractivity contribution in [2.45, 2.75) is 41.1 Å². The molecule has 2 heterocycles. The summed E-state index contributed by atoms with van der Waals surface area (Å²) in [5.74, 6) is -3.43. The van der Waals surface area contributed by atoms with Gasteiger partial charge < -0.3 is 9.63 Å². The van der Waals surface area contributed by atoms with E-state index in [9.17, 15) is 31.5 Å². The number of thiophene rings is 1. The van der Waals surface area contributed by atoms with Gasteiger partial charge in [0.1, 0.15) is 15.4 Å². The molecule has 174 valence electrons. The predicted molar refractivity (Wildman–Crippen MR) is 111 cm³/mol. The fraction of sp³-hybridized carbons (Fsp3) is 0.333. The van der Waals surface area contributed by atoms with Crippen LogP contribution in [0.5, 0.6) is 0 Å². The second-order valence-corrected chi connectivity index (χ2v) is 11.1. The molecule has 0 radical (unpaired) electrons. The van der Waals surface area contributed by atoms with E-state index < -0.39 is 45.3 Å². The number of carboxylic acids is 1. The Hall–Kier alpha value is -2.70. The van der Waals surface area contributed by atoms with Crippen molar-refractivity contribution in [1.29, 1.82) is 0 Å². The molecule has 1 fully saturated rings. The largest absolute Gasteiger partial charge is 0.480 e. The number of nitrogens with one attached hydrogen (secondary N) is 1. The molecule has 7 nitrogen and oxygen atoms in total. The van der Waals surface area contributed by atoms with Crippen molar-refractivity contribution in [1.82, 2.24) is 9.88 Å². The van der Waals surface area contributed by atoms with Crippen LogP contribution in [0.4, 0.5) is 13.2 Å². The van der Waals surface area contributed by atoms with E-state index in [4.69, 9.17) is 0 Å². The van der Waals surface area contributed by atoms with Gasteiger partial charge in [0.15, 0.2) is 0 Å². The van der Waals surface area contributed by atoms with Crippen molar-refractivity contribution in [3.63, 3.8) is 0 Å². The van der Waals surface area contributed by atoms with Gasteiger partial charge in [0, 0.05) is 12.0 Å². The second-order valence-electron chi connectivity index (χ2n) is 8.15. The minimum absolute atomic E-state index is 0.148. The Morgan fingerprint density at radius 3 is 2.70 bits per heavy atom. The summed E-state index contributed by atoms with van der Waals surface area (Å²) < 4.78 is 71.1. The van der Waals surface area contributed by atoms with E-state index in [0.717, 1.165) is 24.0 Å². The zero-order valence-electron chi connectivity index (χ0n) is 16.8. The third-order valence-electron chi connectivity index (χ3n) is 6.27. The Kier molecular flexibility index (Phi) is 4.96. The van der Waals surface area contributed by atoms with Crippen molar-refractivity contribution in [2.75, 3.05) is 0 Å². The third kappa shape index (κ3) is 3.56. The van der Waals surface area contributed by atoms with Crippen LogP contribution in [0.25, 0.3) is 10.6 Å². The summed E-state index contributed by atoms with van der Waals surface area (Å²) in [6, 6.07) is 10.6. The average Bonchev–Trinajstić information content (AvgIpc) is 3.09. The number of aromatic nitrogens is 1. The van der Waals surface area contributed by atoms with Crippen LogP contribution < -0.4 is 4.72 Å². The first kappa shape index (κ1) is 22.1. The number of carboxylic acid groups (broad SMARTS) is 1. The number of aryl methyl sites for hydroxylation is 1. The summed E-state index contributed by atoms with van der Waals surface area (Å²) in [5.41, 5.74) is 0.0142. The number of alkyl halides is 3. The van der Waals surface area contributed by atoms with Gasteiger partial charge in [-0.25, -0.2) is 8.42 Å². The SMILES string of the molecule is O=C(O)C1(NS(=O)(=O)c2ccc(-c3cc(C(F)(F)F)on3)s2)C2CCCc3ccccc3C21. The van der Waals surface area contributed by atoms with Crippen LogP contribution in [-0.4, -0.2) is 30.2 Å². The molecule has 0 bridgehead atoms. The number of fused-ring (bicyclic) bond motifs is 3. The smallest absolute Gasteiger partial charge is 0.452 e. The highest BCUT2D eigenvalue weighted by Gasteiger charge is 2.72. The molecular weight excluding hydrogens is 481 g/mol. The van der Waals surface area contributed by atoms with E-state index in [0.29, 0.717) is 23.8 Å². The Morgan fingerprint density at radius 1 is 1.24 bits per heavy atom. The van der Waals surface area contributed by atoms with Gasteiger partial charge in [-0.3, -0.25) is 4.79 Å². The highest BCUT2D eigenvalue weighted by atomic mass is 32.2. The third-order valence-corrected chi connectivity index (χ3v) is 9.35. The molecule has 0 spiro atoms. The van der Waals surface area contributed by atoms with E-state index >= 15 is 0 Å². The first-order chi connectivity index (χ1) is 15.5. The number of benzene rings is 1. The molecule has 0 amide bonds. The molecule has 1 aromatic carbocycles. The molecule has 0 saturated heterocycles. The number of hydrogen-bond acceptors (Lipinski definition) is 6. The van der Waals surface area contributed by atoms with Gasteiger partial charge in [-0.05, 0) is 48.4 Å². The molecule has 1 saturated carbocycles. The molecule has 3 atom stereocenters. The van der Waals surface area contributed by atoms with Crippen molar-refractivity contribution >= 4 is 27.3 Å². The normalized spacial score (nSPS) is 24.6. The van der Waals surface area contributed by atoms with E-state index in [2.05, 4.69) is 14.4 Å². The molecule has 2 aliphatic rings.